The molecule has 1 aromatic heterocycles. The molecule has 140 valence electrons. The van der Waals surface area contributed by atoms with Gasteiger partial charge in [-0.1, -0.05) is 79.4 Å². The fourth-order valence-electron chi connectivity index (χ4n) is 3.23. The van der Waals surface area contributed by atoms with Gasteiger partial charge in [0.1, 0.15) is 5.82 Å². The Morgan fingerprint density at radius 1 is 0.929 bits per heavy atom. The van der Waals surface area contributed by atoms with Gasteiger partial charge in [-0.2, -0.15) is 0 Å². The van der Waals surface area contributed by atoms with Crippen LogP contribution in [0.25, 0.3) is 22.8 Å². The molecular formula is C26H26N2. The van der Waals surface area contributed by atoms with Crippen molar-refractivity contribution in [3.63, 3.8) is 0 Å². The number of allylic oxidation sites excluding steroid dienone is 4. The van der Waals surface area contributed by atoms with Crippen LogP contribution in [0.1, 0.15) is 25.1 Å². The summed E-state index contributed by atoms with van der Waals surface area (Å²) in [4.78, 5) is 7.09. The second kappa shape index (κ2) is 9.01. The van der Waals surface area contributed by atoms with E-state index in [1.54, 1.807) is 0 Å². The Labute approximate surface area is 168 Å². The minimum Gasteiger partial charge on any atom is -0.329 e. The van der Waals surface area contributed by atoms with Gasteiger partial charge in [0.05, 0.1) is 5.69 Å². The quantitative estimate of drug-likeness (QED) is 0.431. The van der Waals surface area contributed by atoms with E-state index in [9.17, 15) is 0 Å². The Bertz CT molecular complexity index is 1010. The minimum atomic E-state index is 0.898. The molecule has 0 saturated carbocycles. The van der Waals surface area contributed by atoms with Gasteiger partial charge in [0.25, 0.3) is 0 Å². The number of hydrogen-bond acceptors (Lipinski definition) is 2. The number of hydrogen-bond donors (Lipinski definition) is 0. The van der Waals surface area contributed by atoms with Crippen LogP contribution in [-0.4, -0.2) is 12.0 Å². The van der Waals surface area contributed by atoms with Crippen LogP contribution >= 0.6 is 0 Å². The van der Waals surface area contributed by atoms with E-state index in [0.717, 1.165) is 33.9 Å². The Morgan fingerprint density at radius 3 is 2.32 bits per heavy atom. The molecular weight excluding hydrogens is 340 g/mol. The van der Waals surface area contributed by atoms with Crippen molar-refractivity contribution in [3.05, 3.63) is 103 Å². The highest BCUT2D eigenvalue weighted by Crippen LogP contribution is 2.32. The van der Waals surface area contributed by atoms with E-state index in [2.05, 4.69) is 72.2 Å². The molecule has 0 aliphatic rings. The summed E-state index contributed by atoms with van der Waals surface area (Å²) in [7, 11) is 2.05. The van der Waals surface area contributed by atoms with Gasteiger partial charge in [-0.05, 0) is 54.3 Å². The zero-order chi connectivity index (χ0) is 19.9. The van der Waals surface area contributed by atoms with E-state index in [-0.39, 0.29) is 0 Å². The van der Waals surface area contributed by atoms with Gasteiger partial charge in [0.2, 0.25) is 0 Å². The van der Waals surface area contributed by atoms with Gasteiger partial charge in [-0.15, -0.1) is 0 Å². The van der Waals surface area contributed by atoms with Crippen LogP contribution in [0.2, 0.25) is 0 Å². The molecule has 0 amide bonds. The highest BCUT2D eigenvalue weighted by Gasteiger charge is 2.13. The number of rotatable bonds is 6. The molecule has 0 unspecified atom stereocenters. The van der Waals surface area contributed by atoms with Crippen LogP contribution < -0.4 is 4.90 Å². The molecule has 0 saturated heterocycles. The molecule has 0 atom stereocenters. The summed E-state index contributed by atoms with van der Waals surface area (Å²) in [6, 6.07) is 22.9. The summed E-state index contributed by atoms with van der Waals surface area (Å²) < 4.78 is 0. The number of benzene rings is 2. The summed E-state index contributed by atoms with van der Waals surface area (Å²) in [5.74, 6) is 0.898. The normalized spacial score (nSPS) is 11.6. The Kier molecular flexibility index (Phi) is 6.23. The minimum absolute atomic E-state index is 0.898. The molecule has 0 fully saturated rings. The van der Waals surface area contributed by atoms with Crippen molar-refractivity contribution in [2.45, 2.75) is 13.8 Å². The first-order chi connectivity index (χ1) is 13.7. The van der Waals surface area contributed by atoms with Gasteiger partial charge in [-0.25, -0.2) is 4.98 Å². The van der Waals surface area contributed by atoms with Gasteiger partial charge in [0, 0.05) is 12.7 Å². The molecule has 0 aliphatic heterocycles. The molecule has 0 bridgehead atoms. The molecule has 0 aliphatic carbocycles. The Balaban J connectivity index is 2.18. The summed E-state index contributed by atoms with van der Waals surface area (Å²) in [6.45, 7) is 8.02. The zero-order valence-corrected chi connectivity index (χ0v) is 16.8. The third kappa shape index (κ3) is 4.12. The third-order valence-corrected chi connectivity index (χ3v) is 4.73. The molecule has 3 aromatic rings. The van der Waals surface area contributed by atoms with Crippen molar-refractivity contribution >= 4 is 23.2 Å². The molecule has 2 nitrogen and oxygen atoms in total. The first-order valence-electron chi connectivity index (χ1n) is 9.50. The second-order valence-corrected chi connectivity index (χ2v) is 6.53. The number of nitrogens with zero attached hydrogens (tertiary/aromatic N) is 2. The van der Waals surface area contributed by atoms with E-state index < -0.39 is 0 Å². The van der Waals surface area contributed by atoms with Crippen LogP contribution in [-0.2, 0) is 0 Å². The van der Waals surface area contributed by atoms with Gasteiger partial charge in [0.15, 0.2) is 0 Å². The lowest BCUT2D eigenvalue weighted by Gasteiger charge is -2.22. The standard InChI is InChI=1S/C26H26N2/c1-5-13-20(6-2)24-18-23(22-15-9-8-10-16-22)19-26(27-24)28(4)25-17-12-11-14-21(25)7-3/h5-19H,3H2,1-2,4H3/b13-5-,20-6+. The molecule has 28 heavy (non-hydrogen) atoms. The first-order valence-corrected chi connectivity index (χ1v) is 9.50. The number of para-hydroxylation sites is 1. The maximum Gasteiger partial charge on any atom is 0.134 e. The van der Waals surface area contributed by atoms with E-state index in [1.165, 1.54) is 5.56 Å². The van der Waals surface area contributed by atoms with Crippen LogP contribution in [0.5, 0.6) is 0 Å². The van der Waals surface area contributed by atoms with Crippen molar-refractivity contribution < 1.29 is 0 Å². The van der Waals surface area contributed by atoms with Crippen molar-refractivity contribution in [2.75, 3.05) is 11.9 Å². The van der Waals surface area contributed by atoms with Crippen molar-refractivity contribution in [2.24, 2.45) is 0 Å². The maximum atomic E-state index is 4.97. The lowest BCUT2D eigenvalue weighted by atomic mass is 10.0. The average Bonchev–Trinajstić information content (AvgIpc) is 2.77. The molecule has 2 aromatic carbocycles. The lowest BCUT2D eigenvalue weighted by molar-refractivity contribution is 1.11. The van der Waals surface area contributed by atoms with Crippen LogP contribution in [0.4, 0.5) is 11.5 Å². The van der Waals surface area contributed by atoms with E-state index >= 15 is 0 Å². The predicted molar refractivity (Wildman–Crippen MR) is 123 cm³/mol. The van der Waals surface area contributed by atoms with Crippen molar-refractivity contribution in [1.82, 2.24) is 4.98 Å². The monoisotopic (exact) mass is 366 g/mol. The number of pyridine rings is 1. The molecule has 0 spiro atoms. The average molecular weight is 367 g/mol. The first kappa shape index (κ1) is 19.4. The van der Waals surface area contributed by atoms with E-state index in [0.29, 0.717) is 0 Å². The van der Waals surface area contributed by atoms with Gasteiger partial charge < -0.3 is 4.90 Å². The summed E-state index contributed by atoms with van der Waals surface area (Å²) in [5, 5.41) is 0. The van der Waals surface area contributed by atoms with Crippen molar-refractivity contribution in [3.8, 4) is 11.1 Å². The topological polar surface area (TPSA) is 16.1 Å². The fraction of sp³-hybridized carbons (Fsp3) is 0.115. The predicted octanol–water partition coefficient (Wildman–Crippen LogP) is 7.14. The number of anilines is 2. The van der Waals surface area contributed by atoms with Crippen LogP contribution in [0.15, 0.2) is 91.5 Å². The highest BCUT2D eigenvalue weighted by atomic mass is 15.2. The summed E-state index contributed by atoms with van der Waals surface area (Å²) >= 11 is 0. The van der Waals surface area contributed by atoms with Gasteiger partial charge >= 0.3 is 0 Å². The SMILES string of the molecule is C=Cc1ccccc1N(C)c1cc(-c2ccccc2)cc(C(/C=C\C)=C/C)n1. The number of aromatic nitrogens is 1. The van der Waals surface area contributed by atoms with Crippen LogP contribution in [0, 0.1) is 0 Å². The Hall–Kier alpha value is -3.39. The van der Waals surface area contributed by atoms with Crippen LogP contribution in [0.3, 0.4) is 0 Å². The molecule has 1 heterocycles. The smallest absolute Gasteiger partial charge is 0.134 e. The van der Waals surface area contributed by atoms with Crippen molar-refractivity contribution in [1.29, 1.82) is 0 Å². The zero-order valence-electron chi connectivity index (χ0n) is 16.8. The van der Waals surface area contributed by atoms with E-state index in [4.69, 9.17) is 4.98 Å². The maximum absolute atomic E-state index is 4.97. The second-order valence-electron chi connectivity index (χ2n) is 6.53. The van der Waals surface area contributed by atoms with E-state index in [1.807, 2.05) is 51.2 Å². The third-order valence-electron chi connectivity index (χ3n) is 4.73. The highest BCUT2D eigenvalue weighted by molar-refractivity contribution is 5.80. The fourth-order valence-corrected chi connectivity index (χ4v) is 3.23. The molecule has 2 heteroatoms. The largest absolute Gasteiger partial charge is 0.329 e. The van der Waals surface area contributed by atoms with Gasteiger partial charge in [-0.3, -0.25) is 0 Å². The lowest BCUT2D eigenvalue weighted by Crippen LogP contribution is -2.13. The molecule has 3 rings (SSSR count). The molecule has 0 radical (unpaired) electrons. The Morgan fingerprint density at radius 2 is 1.64 bits per heavy atom. The molecule has 0 N–H and O–H groups in total. The summed E-state index contributed by atoms with van der Waals surface area (Å²) in [5.41, 5.74) is 6.54. The summed E-state index contributed by atoms with van der Waals surface area (Å²) in [6.07, 6.45) is 8.12.